The SMILES string of the molecule is CC(C)(C)CN1CCCCCCCC1=O. The van der Waals surface area contributed by atoms with Gasteiger partial charge >= 0.3 is 0 Å². The van der Waals surface area contributed by atoms with Crippen molar-refractivity contribution in [3.63, 3.8) is 0 Å². The zero-order chi connectivity index (χ0) is 11.3. The number of carbonyl (C=O) groups excluding carboxylic acids is 1. The second kappa shape index (κ2) is 5.53. The van der Waals surface area contributed by atoms with Crippen LogP contribution in [0.4, 0.5) is 0 Å². The Morgan fingerprint density at radius 3 is 2.33 bits per heavy atom. The minimum atomic E-state index is 0.226. The van der Waals surface area contributed by atoms with Crippen LogP contribution in [0.5, 0.6) is 0 Å². The van der Waals surface area contributed by atoms with Gasteiger partial charge in [0.15, 0.2) is 0 Å². The molecule has 0 aromatic carbocycles. The number of hydrogen-bond donors (Lipinski definition) is 0. The Morgan fingerprint density at radius 1 is 1.07 bits per heavy atom. The van der Waals surface area contributed by atoms with E-state index in [-0.39, 0.29) is 5.41 Å². The Balaban J connectivity index is 2.52. The second-order valence-corrected chi connectivity index (χ2v) is 5.89. The summed E-state index contributed by atoms with van der Waals surface area (Å²) >= 11 is 0. The maximum atomic E-state index is 11.9. The monoisotopic (exact) mass is 211 g/mol. The summed E-state index contributed by atoms with van der Waals surface area (Å²) in [6.45, 7) is 8.48. The number of nitrogens with zero attached hydrogens (tertiary/aromatic N) is 1. The summed E-state index contributed by atoms with van der Waals surface area (Å²) in [7, 11) is 0. The highest BCUT2D eigenvalue weighted by Gasteiger charge is 2.20. The minimum Gasteiger partial charge on any atom is -0.342 e. The van der Waals surface area contributed by atoms with Crippen LogP contribution in [0.3, 0.4) is 0 Å². The maximum Gasteiger partial charge on any atom is 0.222 e. The maximum absolute atomic E-state index is 11.9. The van der Waals surface area contributed by atoms with Crippen LogP contribution in [-0.2, 0) is 4.79 Å². The average Bonchev–Trinajstić information content (AvgIpc) is 2.19. The molecule has 2 nitrogen and oxygen atoms in total. The van der Waals surface area contributed by atoms with E-state index in [0.717, 1.165) is 25.9 Å². The van der Waals surface area contributed by atoms with E-state index in [1.807, 2.05) is 0 Å². The number of rotatable bonds is 1. The Morgan fingerprint density at radius 2 is 1.67 bits per heavy atom. The normalized spacial score (nSPS) is 20.7. The van der Waals surface area contributed by atoms with Crippen LogP contribution >= 0.6 is 0 Å². The predicted molar refractivity (Wildman–Crippen MR) is 63.7 cm³/mol. The molecule has 0 atom stereocenters. The summed E-state index contributed by atoms with van der Waals surface area (Å²) in [5.74, 6) is 0.367. The molecule has 2 heteroatoms. The van der Waals surface area contributed by atoms with Gasteiger partial charge in [-0.1, -0.05) is 40.0 Å². The van der Waals surface area contributed by atoms with Crippen molar-refractivity contribution in [1.82, 2.24) is 4.90 Å². The van der Waals surface area contributed by atoms with Gasteiger partial charge in [-0.2, -0.15) is 0 Å². The third kappa shape index (κ3) is 5.19. The molecule has 0 aromatic rings. The van der Waals surface area contributed by atoms with Crippen molar-refractivity contribution in [2.24, 2.45) is 5.41 Å². The minimum absolute atomic E-state index is 0.226. The van der Waals surface area contributed by atoms with E-state index >= 15 is 0 Å². The van der Waals surface area contributed by atoms with Crippen molar-refractivity contribution in [3.8, 4) is 0 Å². The van der Waals surface area contributed by atoms with Gasteiger partial charge in [0.2, 0.25) is 5.91 Å². The first-order chi connectivity index (χ1) is 6.99. The summed E-state index contributed by atoms with van der Waals surface area (Å²) in [6.07, 6.45) is 6.84. The van der Waals surface area contributed by atoms with E-state index in [9.17, 15) is 4.79 Å². The van der Waals surface area contributed by atoms with Gasteiger partial charge in [0.1, 0.15) is 0 Å². The highest BCUT2D eigenvalue weighted by Crippen LogP contribution is 2.19. The molecule has 88 valence electrons. The van der Waals surface area contributed by atoms with Gasteiger partial charge < -0.3 is 4.90 Å². The lowest BCUT2D eigenvalue weighted by atomic mass is 9.95. The van der Waals surface area contributed by atoms with Gasteiger partial charge in [-0.05, 0) is 18.3 Å². The fourth-order valence-electron chi connectivity index (χ4n) is 2.13. The molecule has 0 spiro atoms. The highest BCUT2D eigenvalue weighted by molar-refractivity contribution is 5.76. The van der Waals surface area contributed by atoms with E-state index < -0.39 is 0 Å². The van der Waals surface area contributed by atoms with Gasteiger partial charge in [0.25, 0.3) is 0 Å². The van der Waals surface area contributed by atoms with Crippen molar-refractivity contribution in [3.05, 3.63) is 0 Å². The summed E-state index contributed by atoms with van der Waals surface area (Å²) in [5, 5.41) is 0. The van der Waals surface area contributed by atoms with Gasteiger partial charge in [-0.15, -0.1) is 0 Å². The van der Waals surface area contributed by atoms with Gasteiger partial charge in [0.05, 0.1) is 0 Å². The fourth-order valence-corrected chi connectivity index (χ4v) is 2.13. The summed E-state index contributed by atoms with van der Waals surface area (Å²) < 4.78 is 0. The van der Waals surface area contributed by atoms with Crippen molar-refractivity contribution in [1.29, 1.82) is 0 Å². The van der Waals surface area contributed by atoms with E-state index in [1.54, 1.807) is 0 Å². The molecule has 0 saturated carbocycles. The van der Waals surface area contributed by atoms with Crippen LogP contribution in [0.1, 0.15) is 59.3 Å². The molecule has 1 aliphatic heterocycles. The molecule has 0 N–H and O–H groups in total. The van der Waals surface area contributed by atoms with Crippen molar-refractivity contribution < 1.29 is 4.79 Å². The molecule has 1 fully saturated rings. The topological polar surface area (TPSA) is 20.3 Å². The molecule has 1 heterocycles. The Kier molecular flexibility index (Phi) is 4.62. The summed E-state index contributed by atoms with van der Waals surface area (Å²) in [6, 6.07) is 0. The first-order valence-electron chi connectivity index (χ1n) is 6.27. The molecule has 1 saturated heterocycles. The van der Waals surface area contributed by atoms with Crippen LogP contribution in [0, 0.1) is 5.41 Å². The molecule has 0 aliphatic carbocycles. The molecular formula is C13H25NO. The fraction of sp³-hybridized carbons (Fsp3) is 0.923. The summed E-state index contributed by atoms with van der Waals surface area (Å²) in [4.78, 5) is 14.0. The molecule has 0 bridgehead atoms. The predicted octanol–water partition coefficient (Wildman–Crippen LogP) is 3.22. The third-order valence-electron chi connectivity index (χ3n) is 2.84. The molecule has 0 radical (unpaired) electrons. The van der Waals surface area contributed by atoms with E-state index in [1.165, 1.54) is 25.7 Å². The standard InChI is InChI=1S/C13H25NO/c1-13(2,3)11-14-10-8-6-4-5-7-9-12(14)15/h4-11H2,1-3H3. The van der Waals surface area contributed by atoms with Crippen molar-refractivity contribution in [2.75, 3.05) is 13.1 Å². The van der Waals surface area contributed by atoms with E-state index in [0.29, 0.717) is 5.91 Å². The Labute approximate surface area is 94.0 Å². The van der Waals surface area contributed by atoms with Crippen LogP contribution < -0.4 is 0 Å². The second-order valence-electron chi connectivity index (χ2n) is 5.89. The first-order valence-corrected chi connectivity index (χ1v) is 6.27. The van der Waals surface area contributed by atoms with Crippen LogP contribution in [-0.4, -0.2) is 23.9 Å². The van der Waals surface area contributed by atoms with Gasteiger partial charge in [-0.25, -0.2) is 0 Å². The summed E-state index contributed by atoms with van der Waals surface area (Å²) in [5.41, 5.74) is 0.226. The van der Waals surface area contributed by atoms with Gasteiger partial charge in [-0.3, -0.25) is 4.79 Å². The Bertz CT molecular complexity index is 205. The smallest absolute Gasteiger partial charge is 0.222 e. The molecule has 1 rings (SSSR count). The lowest BCUT2D eigenvalue weighted by Crippen LogP contribution is -2.38. The van der Waals surface area contributed by atoms with E-state index in [4.69, 9.17) is 0 Å². The molecule has 1 aliphatic rings. The lowest BCUT2D eigenvalue weighted by Gasteiger charge is -2.29. The molecule has 0 aromatic heterocycles. The molecule has 0 unspecified atom stereocenters. The largest absolute Gasteiger partial charge is 0.342 e. The molecule has 15 heavy (non-hydrogen) atoms. The Hall–Kier alpha value is -0.530. The quantitative estimate of drug-likeness (QED) is 0.652. The van der Waals surface area contributed by atoms with Crippen LogP contribution in [0.2, 0.25) is 0 Å². The average molecular weight is 211 g/mol. The van der Waals surface area contributed by atoms with Crippen LogP contribution in [0.25, 0.3) is 0 Å². The molecule has 1 amide bonds. The highest BCUT2D eigenvalue weighted by atomic mass is 16.2. The zero-order valence-electron chi connectivity index (χ0n) is 10.5. The number of hydrogen-bond acceptors (Lipinski definition) is 1. The van der Waals surface area contributed by atoms with Crippen molar-refractivity contribution >= 4 is 5.91 Å². The van der Waals surface area contributed by atoms with Crippen LogP contribution in [0.15, 0.2) is 0 Å². The first kappa shape index (κ1) is 12.5. The van der Waals surface area contributed by atoms with Crippen molar-refractivity contribution in [2.45, 2.75) is 59.3 Å². The number of carbonyl (C=O) groups is 1. The molecular weight excluding hydrogens is 186 g/mol. The van der Waals surface area contributed by atoms with E-state index in [2.05, 4.69) is 25.7 Å². The third-order valence-corrected chi connectivity index (χ3v) is 2.84. The zero-order valence-corrected chi connectivity index (χ0v) is 10.5. The lowest BCUT2D eigenvalue weighted by molar-refractivity contribution is -0.132. The number of amides is 1. The van der Waals surface area contributed by atoms with Gasteiger partial charge in [0, 0.05) is 19.5 Å².